The lowest BCUT2D eigenvalue weighted by atomic mass is 10.0. The second-order valence-corrected chi connectivity index (χ2v) is 21.0. The van der Waals surface area contributed by atoms with Crippen LogP contribution in [0.15, 0.2) is 286 Å². The number of benzene rings is 7. The number of aromatic carboxylic acids is 1. The minimum absolute atomic E-state index is 0.0103. The molecule has 1 aliphatic rings. The van der Waals surface area contributed by atoms with Crippen molar-refractivity contribution in [1.29, 1.82) is 0 Å². The van der Waals surface area contributed by atoms with Crippen LogP contribution in [0.3, 0.4) is 0 Å². The van der Waals surface area contributed by atoms with Crippen LogP contribution in [0.2, 0.25) is 0 Å². The highest BCUT2D eigenvalue weighted by molar-refractivity contribution is 6.02. The van der Waals surface area contributed by atoms with Gasteiger partial charge >= 0.3 is 11.9 Å². The number of nitrogens with zero attached hydrogens (tertiary/aromatic N) is 1. The van der Waals surface area contributed by atoms with Gasteiger partial charge in [-0.3, -0.25) is 38.4 Å². The molecule has 7 aromatic carbocycles. The second kappa shape index (κ2) is 34.5. The van der Waals surface area contributed by atoms with Crippen LogP contribution < -0.4 is 46.6 Å². The lowest BCUT2D eigenvalue weighted by Gasteiger charge is -2.11. The number of hydrogen-bond acceptors (Lipinski definition) is 19. The van der Waals surface area contributed by atoms with Gasteiger partial charge in [0.25, 0.3) is 23.6 Å². The highest BCUT2D eigenvalue weighted by atomic mass is 16.7. The van der Waals surface area contributed by atoms with Gasteiger partial charge in [-0.05, 0) is 50.1 Å². The molecule has 11 aromatic rings. The summed E-state index contributed by atoms with van der Waals surface area (Å²) in [6.07, 6.45) is 3.97. The number of hydrogen-bond donors (Lipinski definition) is 4. The van der Waals surface area contributed by atoms with Gasteiger partial charge in [0.05, 0.1) is 0 Å². The number of carbonyl (C=O) groups excluding carboxylic acids is 5. The summed E-state index contributed by atoms with van der Waals surface area (Å²) in [6.45, 7) is 1.25. The maximum absolute atomic E-state index is 12.4. The Balaban J connectivity index is 0.000000155. The molecular formula is C75H59N3O20. The predicted octanol–water partition coefficient (Wildman–Crippen LogP) is 11.1. The molecule has 98 heavy (non-hydrogen) atoms. The maximum Gasteiger partial charge on any atom is 0.399 e. The van der Waals surface area contributed by atoms with E-state index < -0.39 is 74.6 Å². The molecular weight excluding hydrogens is 1260 g/mol. The summed E-state index contributed by atoms with van der Waals surface area (Å²) in [5.41, 5.74) is 6.84. The molecule has 0 atom stereocenters. The van der Waals surface area contributed by atoms with Crippen molar-refractivity contribution in [2.75, 3.05) is 0 Å². The van der Waals surface area contributed by atoms with Crippen LogP contribution in [0.1, 0.15) is 82.9 Å². The molecule has 0 bridgehead atoms. The highest BCUT2D eigenvalue weighted by Gasteiger charge is 2.34. The third-order valence-electron chi connectivity index (χ3n) is 14.0. The monoisotopic (exact) mass is 1320 g/mol. The van der Waals surface area contributed by atoms with E-state index in [4.69, 9.17) is 42.1 Å². The third-order valence-corrected chi connectivity index (χ3v) is 14.0. The van der Waals surface area contributed by atoms with Gasteiger partial charge in [-0.1, -0.05) is 200 Å². The van der Waals surface area contributed by atoms with E-state index in [0.717, 1.165) is 93.1 Å². The van der Waals surface area contributed by atoms with Crippen molar-refractivity contribution in [3.05, 3.63) is 341 Å². The lowest BCUT2D eigenvalue weighted by molar-refractivity contribution is -0.173. The molecule has 494 valence electrons. The second-order valence-electron chi connectivity index (χ2n) is 21.0. The van der Waals surface area contributed by atoms with E-state index in [1.54, 1.807) is 0 Å². The Morgan fingerprint density at radius 2 is 0.694 bits per heavy atom. The standard InChI is InChI=1S/C26H21NO4.C19H15NO4.C17H13NO7.C13H10O5/c28-23-15-24(31-18-25(23)30-17-20-7-3-1-4-8-20)26(29)27-16-19-11-13-22(14-12-19)21-9-5-2-6-10-21;21-16-10-18(24-12-17(16)22)19(23)20-11-13-6-8-15(9-7-13)14-4-2-1-3-5-14;19-12-8-13(17(22)25-18-15(20)6-7-16(18)21)24-10-14(12)23-9-11-4-2-1-3-5-11;14-10-6-11(13(15)16)18-8-12(10)17-7-9-4-2-1-3-5-9/h1-15,18H,16-17H2,(H,27,29);1-10,12,22H,11H2,(H,20,23);1-5,8,10H,6-7,9H2;1-6,8H,7H2,(H,15,16). The third kappa shape index (κ3) is 20.3. The first-order valence-electron chi connectivity index (χ1n) is 29.9. The number of rotatable bonds is 20. The number of amides is 4. The summed E-state index contributed by atoms with van der Waals surface area (Å²) in [7, 11) is 0. The van der Waals surface area contributed by atoms with Crippen LogP contribution in [0.25, 0.3) is 22.3 Å². The molecule has 0 unspecified atom stereocenters. The van der Waals surface area contributed by atoms with Crippen molar-refractivity contribution in [3.63, 3.8) is 0 Å². The fourth-order valence-electron chi connectivity index (χ4n) is 8.80. The molecule has 4 aromatic heterocycles. The summed E-state index contributed by atoms with van der Waals surface area (Å²) in [5.74, 6) is -6.21. The zero-order chi connectivity index (χ0) is 69.2. The molecule has 23 heteroatoms. The number of carbonyl (C=O) groups is 6. The molecule has 1 aliphatic heterocycles. The van der Waals surface area contributed by atoms with Gasteiger partial charge in [0.1, 0.15) is 44.9 Å². The number of hydroxylamine groups is 2. The van der Waals surface area contributed by atoms with Crippen LogP contribution >= 0.6 is 0 Å². The molecule has 1 saturated heterocycles. The Kier molecular flexibility index (Phi) is 24.2. The normalized spacial score (nSPS) is 11.2. The van der Waals surface area contributed by atoms with Gasteiger partial charge in [0, 0.05) is 50.2 Å². The summed E-state index contributed by atoms with van der Waals surface area (Å²) >= 11 is 0. The summed E-state index contributed by atoms with van der Waals surface area (Å²) < 4.78 is 36.1. The minimum atomic E-state index is -1.29. The summed E-state index contributed by atoms with van der Waals surface area (Å²) in [4.78, 5) is 121. The van der Waals surface area contributed by atoms with Gasteiger partial charge in [0.15, 0.2) is 17.3 Å². The van der Waals surface area contributed by atoms with E-state index in [-0.39, 0.29) is 61.4 Å². The maximum atomic E-state index is 12.4. The number of imide groups is 1. The SMILES string of the molecule is O=C(NCc1ccc(-c2ccccc2)cc1)c1cc(=O)c(O)co1.O=C(NCc1ccc(-c2ccccc2)cc1)c1cc(=O)c(OCc2ccccc2)co1.O=C(O)c1cc(=O)c(OCc2ccccc2)co1.O=C(ON1C(=O)CCC1=O)c1cc(=O)c(OCc2ccccc2)co1. The Hall–Kier alpha value is -13.4. The lowest BCUT2D eigenvalue weighted by Crippen LogP contribution is -2.32. The highest BCUT2D eigenvalue weighted by Crippen LogP contribution is 2.22. The van der Waals surface area contributed by atoms with Crippen molar-refractivity contribution in [2.24, 2.45) is 0 Å². The zero-order valence-electron chi connectivity index (χ0n) is 51.8. The first-order chi connectivity index (χ1) is 47.5. The topological polar surface area (TPSA) is 328 Å². The summed E-state index contributed by atoms with van der Waals surface area (Å²) in [6, 6.07) is 67.7. The largest absolute Gasteiger partial charge is 0.502 e. The van der Waals surface area contributed by atoms with E-state index in [2.05, 4.69) is 15.5 Å². The van der Waals surface area contributed by atoms with Gasteiger partial charge in [-0.2, -0.15) is 0 Å². The summed E-state index contributed by atoms with van der Waals surface area (Å²) in [5, 5.41) is 23.6. The fraction of sp³-hybridized carbons (Fsp3) is 0.0933. The van der Waals surface area contributed by atoms with Crippen LogP contribution in [-0.2, 0) is 47.3 Å². The molecule has 5 heterocycles. The quantitative estimate of drug-likeness (QED) is 0.0515. The molecule has 4 N–H and O–H groups in total. The van der Waals surface area contributed by atoms with E-state index in [0.29, 0.717) is 18.2 Å². The van der Waals surface area contributed by atoms with Gasteiger partial charge in [-0.25, -0.2) is 9.59 Å². The number of aromatic hydroxyl groups is 1. The number of ether oxygens (including phenoxy) is 3. The smallest absolute Gasteiger partial charge is 0.399 e. The molecule has 0 radical (unpaired) electrons. The van der Waals surface area contributed by atoms with Crippen molar-refractivity contribution in [2.45, 2.75) is 45.8 Å². The van der Waals surface area contributed by atoms with Crippen LogP contribution in [0, 0.1) is 0 Å². The molecule has 0 saturated carbocycles. The average molecular weight is 1320 g/mol. The predicted molar refractivity (Wildman–Crippen MR) is 353 cm³/mol. The van der Waals surface area contributed by atoms with Crippen molar-refractivity contribution in [1.82, 2.24) is 15.7 Å². The van der Waals surface area contributed by atoms with E-state index in [1.165, 1.54) is 6.26 Å². The Morgan fingerprint density at radius 1 is 0.378 bits per heavy atom. The molecule has 12 rings (SSSR count). The van der Waals surface area contributed by atoms with Gasteiger partial charge in [-0.15, -0.1) is 5.06 Å². The van der Waals surface area contributed by atoms with E-state index in [1.807, 2.05) is 200 Å². The Labute approximate surface area is 556 Å². The number of carboxylic acids is 1. The van der Waals surface area contributed by atoms with Crippen molar-refractivity contribution >= 4 is 35.6 Å². The van der Waals surface area contributed by atoms with Gasteiger partial charge in [0.2, 0.25) is 50.5 Å². The number of carboxylic acid groups (broad SMARTS) is 1. The van der Waals surface area contributed by atoms with Gasteiger partial charge < -0.3 is 57.6 Å². The Bertz CT molecular complexity index is 4760. The fourth-order valence-corrected chi connectivity index (χ4v) is 8.80. The van der Waals surface area contributed by atoms with Crippen LogP contribution in [0.4, 0.5) is 0 Å². The molecule has 4 amide bonds. The van der Waals surface area contributed by atoms with E-state index >= 15 is 0 Å². The minimum Gasteiger partial charge on any atom is -0.502 e. The molecule has 0 aliphatic carbocycles. The van der Waals surface area contributed by atoms with E-state index in [9.17, 15) is 47.9 Å². The zero-order valence-corrected chi connectivity index (χ0v) is 51.8. The van der Waals surface area contributed by atoms with Crippen LogP contribution in [-0.4, -0.2) is 50.8 Å². The molecule has 1 fully saturated rings. The first kappa shape index (κ1) is 68.9. The number of nitrogens with one attached hydrogen (secondary N) is 2. The molecule has 0 spiro atoms. The average Bonchev–Trinajstić information content (AvgIpc) is 1.65. The van der Waals surface area contributed by atoms with Crippen molar-refractivity contribution < 1.29 is 75.7 Å². The molecule has 23 nitrogen and oxygen atoms in total. The van der Waals surface area contributed by atoms with Crippen LogP contribution in [0.5, 0.6) is 23.0 Å². The Morgan fingerprint density at radius 3 is 1.06 bits per heavy atom. The first-order valence-corrected chi connectivity index (χ1v) is 29.9. The van der Waals surface area contributed by atoms with Crippen molar-refractivity contribution in [3.8, 4) is 45.3 Å².